The predicted octanol–water partition coefficient (Wildman–Crippen LogP) is 3.42. The first-order valence-electron chi connectivity index (χ1n) is 4.42. The van der Waals surface area contributed by atoms with Crippen LogP contribution in [0.25, 0.3) is 0 Å². The lowest BCUT2D eigenvalue weighted by molar-refractivity contribution is 0.583. The highest BCUT2D eigenvalue weighted by molar-refractivity contribution is 9.10. The van der Waals surface area contributed by atoms with E-state index in [-0.39, 0.29) is 11.9 Å². The maximum atomic E-state index is 13.2. The molecule has 1 unspecified atom stereocenters. The van der Waals surface area contributed by atoms with E-state index in [9.17, 15) is 4.39 Å². The monoisotopic (exact) mass is 257 g/mol. The van der Waals surface area contributed by atoms with Gasteiger partial charge in [-0.1, -0.05) is 12.1 Å². The molecule has 0 fully saturated rings. The highest BCUT2D eigenvalue weighted by atomic mass is 79.9. The van der Waals surface area contributed by atoms with Crippen molar-refractivity contribution in [3.8, 4) is 0 Å². The Morgan fingerprint density at radius 2 is 2.36 bits per heavy atom. The number of hydrogen-bond donors (Lipinski definition) is 1. The Morgan fingerprint density at radius 1 is 1.64 bits per heavy atom. The molecule has 0 aliphatic rings. The molecule has 0 bridgehead atoms. The van der Waals surface area contributed by atoms with Crippen LogP contribution in [-0.4, -0.2) is 7.05 Å². The SMILES string of the molecule is C=CCC(NC)c1ccc(Br)c(F)c1. The highest BCUT2D eigenvalue weighted by Gasteiger charge is 2.09. The summed E-state index contributed by atoms with van der Waals surface area (Å²) >= 11 is 3.12. The Morgan fingerprint density at radius 3 is 2.86 bits per heavy atom. The largest absolute Gasteiger partial charge is 0.313 e. The van der Waals surface area contributed by atoms with Gasteiger partial charge in [0.05, 0.1) is 4.47 Å². The van der Waals surface area contributed by atoms with Crippen LogP contribution in [0.4, 0.5) is 4.39 Å². The molecule has 0 amide bonds. The van der Waals surface area contributed by atoms with Gasteiger partial charge in [0.2, 0.25) is 0 Å². The second kappa shape index (κ2) is 5.27. The van der Waals surface area contributed by atoms with Gasteiger partial charge in [-0.2, -0.15) is 0 Å². The van der Waals surface area contributed by atoms with Crippen molar-refractivity contribution in [2.75, 3.05) is 7.05 Å². The molecular weight excluding hydrogens is 245 g/mol. The number of benzene rings is 1. The summed E-state index contributed by atoms with van der Waals surface area (Å²) in [6, 6.07) is 5.29. The Balaban J connectivity index is 2.93. The Hall–Kier alpha value is -0.670. The first-order valence-corrected chi connectivity index (χ1v) is 5.21. The summed E-state index contributed by atoms with van der Waals surface area (Å²) in [4.78, 5) is 0. The van der Waals surface area contributed by atoms with Gasteiger partial charge in [-0.25, -0.2) is 4.39 Å². The molecule has 1 atom stereocenters. The third kappa shape index (κ3) is 2.66. The summed E-state index contributed by atoms with van der Waals surface area (Å²) in [5.74, 6) is -0.230. The zero-order chi connectivity index (χ0) is 10.6. The lowest BCUT2D eigenvalue weighted by Crippen LogP contribution is -2.15. The first-order chi connectivity index (χ1) is 6.69. The van der Waals surface area contributed by atoms with Gasteiger partial charge in [-0.15, -0.1) is 6.58 Å². The lowest BCUT2D eigenvalue weighted by atomic mass is 10.0. The molecule has 0 aliphatic heterocycles. The van der Waals surface area contributed by atoms with Crippen LogP contribution in [0.2, 0.25) is 0 Å². The number of rotatable bonds is 4. The van der Waals surface area contributed by atoms with Crippen LogP contribution < -0.4 is 5.32 Å². The predicted molar refractivity (Wildman–Crippen MR) is 60.7 cm³/mol. The summed E-state index contributed by atoms with van der Waals surface area (Å²) in [6.07, 6.45) is 2.61. The van der Waals surface area contributed by atoms with Crippen LogP contribution in [0.15, 0.2) is 35.3 Å². The van der Waals surface area contributed by atoms with E-state index in [1.807, 2.05) is 19.2 Å². The third-order valence-electron chi connectivity index (χ3n) is 2.10. The number of nitrogens with one attached hydrogen (secondary N) is 1. The van der Waals surface area contributed by atoms with Crippen LogP contribution in [0.1, 0.15) is 18.0 Å². The van der Waals surface area contributed by atoms with E-state index in [1.165, 1.54) is 6.07 Å². The van der Waals surface area contributed by atoms with Gasteiger partial charge in [0.1, 0.15) is 5.82 Å². The summed E-state index contributed by atoms with van der Waals surface area (Å²) in [5.41, 5.74) is 0.938. The zero-order valence-corrected chi connectivity index (χ0v) is 9.64. The smallest absolute Gasteiger partial charge is 0.137 e. The van der Waals surface area contributed by atoms with Crippen LogP contribution in [0.5, 0.6) is 0 Å². The van der Waals surface area contributed by atoms with Crippen LogP contribution in [0.3, 0.4) is 0 Å². The van der Waals surface area contributed by atoms with Crippen LogP contribution in [-0.2, 0) is 0 Å². The van der Waals surface area contributed by atoms with Gasteiger partial charge in [0.15, 0.2) is 0 Å². The summed E-state index contributed by atoms with van der Waals surface area (Å²) in [7, 11) is 1.86. The molecule has 0 heterocycles. The van der Waals surface area contributed by atoms with E-state index in [2.05, 4.69) is 27.8 Å². The fourth-order valence-corrected chi connectivity index (χ4v) is 1.56. The Bertz CT molecular complexity index is 325. The molecule has 0 saturated heterocycles. The summed E-state index contributed by atoms with van der Waals surface area (Å²) < 4.78 is 13.7. The molecule has 0 spiro atoms. The second-order valence-corrected chi connectivity index (χ2v) is 3.89. The molecular formula is C11H13BrFN. The van der Waals surface area contributed by atoms with E-state index in [4.69, 9.17) is 0 Å². The van der Waals surface area contributed by atoms with Crippen molar-refractivity contribution in [1.82, 2.24) is 5.32 Å². The highest BCUT2D eigenvalue weighted by Crippen LogP contribution is 2.22. The van der Waals surface area contributed by atoms with E-state index in [0.717, 1.165) is 12.0 Å². The maximum Gasteiger partial charge on any atom is 0.137 e. The molecule has 1 rings (SSSR count). The first kappa shape index (κ1) is 11.4. The Labute approximate surface area is 92.1 Å². The molecule has 1 aromatic carbocycles. The van der Waals surface area contributed by atoms with E-state index >= 15 is 0 Å². The van der Waals surface area contributed by atoms with Crippen molar-refractivity contribution in [3.63, 3.8) is 0 Å². The molecule has 76 valence electrons. The van der Waals surface area contributed by atoms with Gasteiger partial charge in [0, 0.05) is 6.04 Å². The van der Waals surface area contributed by atoms with Gasteiger partial charge >= 0.3 is 0 Å². The van der Waals surface area contributed by atoms with Crippen LogP contribution in [0, 0.1) is 5.82 Å². The molecule has 1 aromatic rings. The van der Waals surface area contributed by atoms with Gasteiger partial charge in [-0.3, -0.25) is 0 Å². The van der Waals surface area contributed by atoms with E-state index < -0.39 is 0 Å². The molecule has 1 N–H and O–H groups in total. The third-order valence-corrected chi connectivity index (χ3v) is 2.74. The molecule has 14 heavy (non-hydrogen) atoms. The molecule has 0 saturated carbocycles. The quantitative estimate of drug-likeness (QED) is 0.816. The standard InChI is InChI=1S/C11H13BrFN/c1-3-4-11(14-2)8-5-6-9(12)10(13)7-8/h3,5-7,11,14H,1,4H2,2H3. The maximum absolute atomic E-state index is 13.2. The average Bonchev–Trinajstić information content (AvgIpc) is 2.19. The molecule has 0 aliphatic carbocycles. The van der Waals surface area contributed by atoms with Crippen molar-refractivity contribution in [2.45, 2.75) is 12.5 Å². The minimum atomic E-state index is -0.230. The van der Waals surface area contributed by atoms with Crippen molar-refractivity contribution in [1.29, 1.82) is 0 Å². The minimum absolute atomic E-state index is 0.134. The lowest BCUT2D eigenvalue weighted by Gasteiger charge is -2.14. The fourth-order valence-electron chi connectivity index (χ4n) is 1.32. The zero-order valence-electron chi connectivity index (χ0n) is 8.06. The van der Waals surface area contributed by atoms with Crippen molar-refractivity contribution < 1.29 is 4.39 Å². The van der Waals surface area contributed by atoms with E-state index in [1.54, 1.807) is 6.07 Å². The van der Waals surface area contributed by atoms with Gasteiger partial charge in [-0.05, 0) is 47.1 Å². The fraction of sp³-hybridized carbons (Fsp3) is 0.273. The molecule has 0 radical (unpaired) electrons. The van der Waals surface area contributed by atoms with Gasteiger partial charge in [0.25, 0.3) is 0 Å². The summed E-state index contributed by atoms with van der Waals surface area (Å²) in [6.45, 7) is 3.67. The van der Waals surface area contributed by atoms with Crippen LogP contribution >= 0.6 is 15.9 Å². The second-order valence-electron chi connectivity index (χ2n) is 3.04. The number of hydrogen-bond acceptors (Lipinski definition) is 1. The van der Waals surface area contributed by atoms with Crippen molar-refractivity contribution in [3.05, 3.63) is 46.7 Å². The normalized spacial score (nSPS) is 12.5. The average molecular weight is 258 g/mol. The minimum Gasteiger partial charge on any atom is -0.313 e. The molecule has 3 heteroatoms. The summed E-state index contributed by atoms with van der Waals surface area (Å²) in [5, 5.41) is 3.11. The van der Waals surface area contributed by atoms with Gasteiger partial charge < -0.3 is 5.32 Å². The van der Waals surface area contributed by atoms with Crippen molar-refractivity contribution >= 4 is 15.9 Å². The van der Waals surface area contributed by atoms with Crippen molar-refractivity contribution in [2.24, 2.45) is 0 Å². The number of halogens is 2. The Kier molecular flexibility index (Phi) is 4.29. The molecule has 1 nitrogen and oxygen atoms in total. The molecule has 0 aromatic heterocycles. The topological polar surface area (TPSA) is 12.0 Å². The van der Waals surface area contributed by atoms with E-state index in [0.29, 0.717) is 4.47 Å².